The monoisotopic (exact) mass is 324 g/mol. The highest BCUT2D eigenvalue weighted by Gasteiger charge is 2.17. The van der Waals surface area contributed by atoms with E-state index in [1.165, 1.54) is 0 Å². The number of nitrogens with one attached hydrogen (secondary N) is 1. The van der Waals surface area contributed by atoms with Gasteiger partial charge < -0.3 is 10.4 Å². The summed E-state index contributed by atoms with van der Waals surface area (Å²) in [5.41, 5.74) is 2.86. The summed E-state index contributed by atoms with van der Waals surface area (Å²) in [7, 11) is 0. The van der Waals surface area contributed by atoms with Crippen LogP contribution >= 0.6 is 0 Å². The van der Waals surface area contributed by atoms with Crippen molar-refractivity contribution in [1.82, 2.24) is 20.1 Å². The number of amides is 1. The van der Waals surface area contributed by atoms with Gasteiger partial charge in [0.25, 0.3) is 5.91 Å². The number of pyridine rings is 1. The molecule has 3 aromatic rings. The van der Waals surface area contributed by atoms with Gasteiger partial charge >= 0.3 is 0 Å². The number of rotatable bonds is 5. The van der Waals surface area contributed by atoms with Crippen molar-refractivity contribution in [2.24, 2.45) is 0 Å². The SMILES string of the molecule is CCn1ncc2c(C(=O)NC[C@H](C)O)cc(-c3ccccc3)nc21. The van der Waals surface area contributed by atoms with Crippen LogP contribution in [0.1, 0.15) is 24.2 Å². The van der Waals surface area contributed by atoms with Crippen LogP contribution in [0.5, 0.6) is 0 Å². The molecule has 1 atom stereocenters. The van der Waals surface area contributed by atoms with Crippen LogP contribution in [0.3, 0.4) is 0 Å². The van der Waals surface area contributed by atoms with E-state index < -0.39 is 6.10 Å². The van der Waals surface area contributed by atoms with Gasteiger partial charge in [-0.1, -0.05) is 30.3 Å². The molecule has 6 nitrogen and oxygen atoms in total. The smallest absolute Gasteiger partial charge is 0.252 e. The van der Waals surface area contributed by atoms with Crippen LogP contribution in [0.25, 0.3) is 22.3 Å². The number of aryl methyl sites for hydroxylation is 1. The lowest BCUT2D eigenvalue weighted by Gasteiger charge is -2.10. The van der Waals surface area contributed by atoms with Gasteiger partial charge in [0.2, 0.25) is 0 Å². The minimum Gasteiger partial charge on any atom is -0.392 e. The van der Waals surface area contributed by atoms with E-state index in [1.54, 1.807) is 23.9 Å². The number of carbonyl (C=O) groups is 1. The number of hydrogen-bond acceptors (Lipinski definition) is 4. The summed E-state index contributed by atoms with van der Waals surface area (Å²) in [6.45, 7) is 4.48. The van der Waals surface area contributed by atoms with Gasteiger partial charge in [-0.3, -0.25) is 4.79 Å². The van der Waals surface area contributed by atoms with Crippen molar-refractivity contribution >= 4 is 16.9 Å². The van der Waals surface area contributed by atoms with Crippen molar-refractivity contribution in [2.45, 2.75) is 26.5 Å². The summed E-state index contributed by atoms with van der Waals surface area (Å²) < 4.78 is 1.77. The number of carbonyl (C=O) groups excluding carboxylic acids is 1. The van der Waals surface area contributed by atoms with Gasteiger partial charge in [-0.15, -0.1) is 0 Å². The fourth-order valence-electron chi connectivity index (χ4n) is 2.56. The Kier molecular flexibility index (Phi) is 4.57. The summed E-state index contributed by atoms with van der Waals surface area (Å²) in [5, 5.41) is 17.2. The first-order valence-corrected chi connectivity index (χ1v) is 7.98. The Morgan fingerprint density at radius 1 is 1.33 bits per heavy atom. The zero-order chi connectivity index (χ0) is 17.1. The quantitative estimate of drug-likeness (QED) is 0.754. The number of hydrogen-bond donors (Lipinski definition) is 2. The molecular weight excluding hydrogens is 304 g/mol. The Morgan fingerprint density at radius 3 is 2.75 bits per heavy atom. The summed E-state index contributed by atoms with van der Waals surface area (Å²) in [6, 6.07) is 11.5. The molecule has 3 rings (SSSR count). The van der Waals surface area contributed by atoms with Crippen LogP contribution in [0.4, 0.5) is 0 Å². The molecule has 0 spiro atoms. The number of benzene rings is 1. The average Bonchev–Trinajstić information content (AvgIpc) is 3.02. The molecule has 0 unspecified atom stereocenters. The lowest BCUT2D eigenvalue weighted by Crippen LogP contribution is -2.30. The van der Waals surface area contributed by atoms with Crippen molar-refractivity contribution in [3.8, 4) is 11.3 Å². The van der Waals surface area contributed by atoms with Gasteiger partial charge in [0.05, 0.1) is 28.9 Å². The van der Waals surface area contributed by atoms with E-state index in [0.29, 0.717) is 23.1 Å². The summed E-state index contributed by atoms with van der Waals surface area (Å²) >= 11 is 0. The highest BCUT2D eigenvalue weighted by Crippen LogP contribution is 2.24. The Labute approximate surface area is 140 Å². The molecule has 0 fully saturated rings. The minimum atomic E-state index is -0.599. The third kappa shape index (κ3) is 3.14. The zero-order valence-electron chi connectivity index (χ0n) is 13.7. The average molecular weight is 324 g/mol. The highest BCUT2D eigenvalue weighted by molar-refractivity contribution is 6.06. The van der Waals surface area contributed by atoms with E-state index in [2.05, 4.69) is 15.4 Å². The van der Waals surface area contributed by atoms with Crippen molar-refractivity contribution in [3.63, 3.8) is 0 Å². The molecule has 6 heteroatoms. The predicted octanol–water partition coefficient (Wildman–Crippen LogP) is 2.23. The van der Waals surface area contributed by atoms with E-state index in [0.717, 1.165) is 11.3 Å². The molecule has 124 valence electrons. The van der Waals surface area contributed by atoms with E-state index in [-0.39, 0.29) is 12.5 Å². The van der Waals surface area contributed by atoms with Crippen LogP contribution in [-0.2, 0) is 6.54 Å². The molecule has 2 heterocycles. The molecule has 0 saturated heterocycles. The van der Waals surface area contributed by atoms with Crippen LogP contribution in [0.15, 0.2) is 42.6 Å². The standard InChI is InChI=1S/C18H20N4O2/c1-3-22-17-15(11-20-22)14(18(24)19-10-12(2)23)9-16(21-17)13-7-5-4-6-8-13/h4-9,11-12,23H,3,10H2,1-2H3,(H,19,24)/t12-/m0/s1. The van der Waals surface area contributed by atoms with Gasteiger partial charge in [0.15, 0.2) is 5.65 Å². The van der Waals surface area contributed by atoms with Gasteiger partial charge in [-0.2, -0.15) is 5.10 Å². The first kappa shape index (κ1) is 16.1. The van der Waals surface area contributed by atoms with Crippen LogP contribution < -0.4 is 5.32 Å². The third-order valence-corrected chi connectivity index (χ3v) is 3.78. The molecule has 0 aliphatic heterocycles. The lowest BCUT2D eigenvalue weighted by molar-refractivity contribution is 0.0925. The normalized spacial score (nSPS) is 12.3. The highest BCUT2D eigenvalue weighted by atomic mass is 16.3. The van der Waals surface area contributed by atoms with E-state index in [1.807, 2.05) is 37.3 Å². The van der Waals surface area contributed by atoms with Crippen LogP contribution in [0.2, 0.25) is 0 Å². The number of fused-ring (bicyclic) bond motifs is 1. The molecular formula is C18H20N4O2. The summed E-state index contributed by atoms with van der Waals surface area (Å²) in [6.07, 6.45) is 1.07. The second kappa shape index (κ2) is 6.80. The van der Waals surface area contributed by atoms with Crippen LogP contribution in [-0.4, -0.2) is 38.4 Å². The topological polar surface area (TPSA) is 80.0 Å². The molecule has 0 saturated carbocycles. The maximum Gasteiger partial charge on any atom is 0.252 e. The van der Waals surface area contributed by atoms with Crippen molar-refractivity contribution in [3.05, 3.63) is 48.2 Å². The van der Waals surface area contributed by atoms with Crippen molar-refractivity contribution in [1.29, 1.82) is 0 Å². The number of aliphatic hydroxyl groups is 1. The van der Waals surface area contributed by atoms with E-state index in [9.17, 15) is 9.90 Å². The molecule has 0 aliphatic rings. The predicted molar refractivity (Wildman–Crippen MR) is 92.7 cm³/mol. The Hall–Kier alpha value is -2.73. The molecule has 2 N–H and O–H groups in total. The first-order chi connectivity index (χ1) is 11.6. The van der Waals surface area contributed by atoms with E-state index >= 15 is 0 Å². The fraction of sp³-hybridized carbons (Fsp3) is 0.278. The third-order valence-electron chi connectivity index (χ3n) is 3.78. The molecule has 0 aliphatic carbocycles. The maximum atomic E-state index is 12.6. The second-order valence-electron chi connectivity index (χ2n) is 5.68. The molecule has 1 aromatic carbocycles. The van der Waals surface area contributed by atoms with Crippen molar-refractivity contribution in [2.75, 3.05) is 6.54 Å². The van der Waals surface area contributed by atoms with Gasteiger partial charge in [0, 0.05) is 18.7 Å². The second-order valence-corrected chi connectivity index (χ2v) is 5.68. The fourth-order valence-corrected chi connectivity index (χ4v) is 2.56. The number of aromatic nitrogens is 3. The summed E-state index contributed by atoms with van der Waals surface area (Å²) in [5.74, 6) is -0.240. The number of nitrogens with zero attached hydrogens (tertiary/aromatic N) is 3. The molecule has 2 aromatic heterocycles. The maximum absolute atomic E-state index is 12.6. The zero-order valence-corrected chi connectivity index (χ0v) is 13.7. The Balaban J connectivity index is 2.12. The largest absolute Gasteiger partial charge is 0.392 e. The molecule has 24 heavy (non-hydrogen) atoms. The summed E-state index contributed by atoms with van der Waals surface area (Å²) in [4.78, 5) is 17.2. The van der Waals surface area contributed by atoms with Gasteiger partial charge in [-0.05, 0) is 19.9 Å². The minimum absolute atomic E-state index is 0.200. The van der Waals surface area contributed by atoms with E-state index in [4.69, 9.17) is 0 Å². The molecule has 0 bridgehead atoms. The molecule has 0 radical (unpaired) electrons. The lowest BCUT2D eigenvalue weighted by atomic mass is 10.1. The Bertz CT molecular complexity index is 856. The molecule has 1 amide bonds. The van der Waals surface area contributed by atoms with Gasteiger partial charge in [-0.25, -0.2) is 9.67 Å². The Morgan fingerprint density at radius 2 is 2.08 bits per heavy atom. The van der Waals surface area contributed by atoms with Crippen LogP contribution in [0, 0.1) is 0 Å². The van der Waals surface area contributed by atoms with Gasteiger partial charge in [0.1, 0.15) is 0 Å². The van der Waals surface area contributed by atoms with Crippen molar-refractivity contribution < 1.29 is 9.90 Å². The first-order valence-electron chi connectivity index (χ1n) is 7.98. The number of aliphatic hydroxyl groups excluding tert-OH is 1.